The lowest BCUT2D eigenvalue weighted by atomic mass is 9.99. The highest BCUT2D eigenvalue weighted by atomic mass is 16.1. The Morgan fingerprint density at radius 1 is 1.28 bits per heavy atom. The third kappa shape index (κ3) is 1.98. The molecule has 0 amide bonds. The maximum absolute atomic E-state index is 11.6. The Morgan fingerprint density at radius 2 is 2.00 bits per heavy atom. The van der Waals surface area contributed by atoms with Gasteiger partial charge in [-0.2, -0.15) is 4.98 Å². The molecule has 0 spiro atoms. The predicted octanol–water partition coefficient (Wildman–Crippen LogP) is 2.16. The fourth-order valence-electron chi connectivity index (χ4n) is 2.55. The summed E-state index contributed by atoms with van der Waals surface area (Å²) in [6.45, 7) is 4.25. The highest BCUT2D eigenvalue weighted by Gasteiger charge is 2.19. The van der Waals surface area contributed by atoms with Crippen LogP contribution in [0.2, 0.25) is 0 Å². The van der Waals surface area contributed by atoms with E-state index in [0.717, 1.165) is 35.7 Å². The van der Waals surface area contributed by atoms with Crippen molar-refractivity contribution in [3.63, 3.8) is 0 Å². The number of piperidine rings is 1. The van der Waals surface area contributed by atoms with Crippen molar-refractivity contribution in [3.8, 4) is 0 Å². The van der Waals surface area contributed by atoms with Gasteiger partial charge in [-0.3, -0.25) is 0 Å². The number of anilines is 1. The SMILES string of the molecule is CC1CCN(c2nc(=O)[nH]c3ccccc23)CC1. The highest BCUT2D eigenvalue weighted by molar-refractivity contribution is 5.89. The molecule has 0 aliphatic carbocycles. The van der Waals surface area contributed by atoms with Crippen LogP contribution >= 0.6 is 0 Å². The van der Waals surface area contributed by atoms with Crippen LogP contribution in [0.3, 0.4) is 0 Å². The molecule has 0 bridgehead atoms. The zero-order valence-corrected chi connectivity index (χ0v) is 10.5. The minimum atomic E-state index is -0.262. The minimum absolute atomic E-state index is 0.262. The molecule has 4 nitrogen and oxygen atoms in total. The number of fused-ring (bicyclic) bond motifs is 1. The third-order valence-electron chi connectivity index (χ3n) is 3.70. The summed E-state index contributed by atoms with van der Waals surface area (Å²) in [6.07, 6.45) is 2.34. The van der Waals surface area contributed by atoms with Crippen molar-refractivity contribution in [2.45, 2.75) is 19.8 Å². The van der Waals surface area contributed by atoms with Crippen molar-refractivity contribution in [2.24, 2.45) is 5.92 Å². The Kier molecular flexibility index (Phi) is 2.78. The number of hydrogen-bond acceptors (Lipinski definition) is 3. The number of nitrogens with zero attached hydrogens (tertiary/aromatic N) is 2. The molecular weight excluding hydrogens is 226 g/mol. The molecule has 1 fully saturated rings. The summed E-state index contributed by atoms with van der Waals surface area (Å²) < 4.78 is 0. The third-order valence-corrected chi connectivity index (χ3v) is 3.70. The Hall–Kier alpha value is -1.84. The lowest BCUT2D eigenvalue weighted by Crippen LogP contribution is -2.34. The second-order valence-corrected chi connectivity index (χ2v) is 5.08. The van der Waals surface area contributed by atoms with E-state index >= 15 is 0 Å². The van der Waals surface area contributed by atoms with Crippen LogP contribution in [0, 0.1) is 5.92 Å². The number of H-pyrrole nitrogens is 1. The summed E-state index contributed by atoms with van der Waals surface area (Å²) in [6, 6.07) is 7.86. The van der Waals surface area contributed by atoms with E-state index in [0.29, 0.717) is 0 Å². The largest absolute Gasteiger partial charge is 0.356 e. The van der Waals surface area contributed by atoms with Crippen LogP contribution in [0.25, 0.3) is 10.9 Å². The summed E-state index contributed by atoms with van der Waals surface area (Å²) in [5.41, 5.74) is 0.605. The van der Waals surface area contributed by atoms with Crippen LogP contribution in [0.1, 0.15) is 19.8 Å². The van der Waals surface area contributed by atoms with Gasteiger partial charge in [-0.15, -0.1) is 0 Å². The average molecular weight is 243 g/mol. The Morgan fingerprint density at radius 3 is 2.78 bits per heavy atom. The lowest BCUT2D eigenvalue weighted by Gasteiger charge is -2.31. The van der Waals surface area contributed by atoms with E-state index in [1.807, 2.05) is 24.3 Å². The minimum Gasteiger partial charge on any atom is -0.356 e. The molecule has 1 aliphatic rings. The van der Waals surface area contributed by atoms with E-state index in [2.05, 4.69) is 21.8 Å². The van der Waals surface area contributed by atoms with Gasteiger partial charge in [0.2, 0.25) is 0 Å². The molecule has 18 heavy (non-hydrogen) atoms. The van der Waals surface area contributed by atoms with E-state index in [4.69, 9.17) is 0 Å². The predicted molar refractivity (Wildman–Crippen MR) is 73.0 cm³/mol. The molecule has 2 heterocycles. The summed E-state index contributed by atoms with van der Waals surface area (Å²) in [7, 11) is 0. The molecule has 2 aromatic rings. The van der Waals surface area contributed by atoms with Gasteiger partial charge in [0.25, 0.3) is 0 Å². The van der Waals surface area contributed by atoms with E-state index in [1.165, 1.54) is 12.8 Å². The van der Waals surface area contributed by atoms with E-state index in [9.17, 15) is 4.79 Å². The van der Waals surface area contributed by atoms with Crippen molar-refractivity contribution in [2.75, 3.05) is 18.0 Å². The Bertz CT molecular complexity index is 612. The Labute approximate surface area is 106 Å². The molecule has 1 aromatic heterocycles. The smallest absolute Gasteiger partial charge is 0.347 e. The van der Waals surface area contributed by atoms with Crippen molar-refractivity contribution < 1.29 is 0 Å². The quantitative estimate of drug-likeness (QED) is 0.835. The van der Waals surface area contributed by atoms with Gasteiger partial charge in [0.05, 0.1) is 5.52 Å². The monoisotopic (exact) mass is 243 g/mol. The Balaban J connectivity index is 2.08. The van der Waals surface area contributed by atoms with Gasteiger partial charge in [0.15, 0.2) is 0 Å². The molecular formula is C14H17N3O. The van der Waals surface area contributed by atoms with Crippen LogP contribution in [-0.4, -0.2) is 23.1 Å². The second-order valence-electron chi connectivity index (χ2n) is 5.08. The number of benzene rings is 1. The van der Waals surface area contributed by atoms with Crippen LogP contribution in [0.5, 0.6) is 0 Å². The van der Waals surface area contributed by atoms with Gasteiger partial charge in [0.1, 0.15) is 5.82 Å². The molecule has 0 atom stereocenters. The van der Waals surface area contributed by atoms with Crippen molar-refractivity contribution in [1.29, 1.82) is 0 Å². The number of rotatable bonds is 1. The first-order chi connectivity index (χ1) is 8.74. The first-order valence-electron chi connectivity index (χ1n) is 6.48. The van der Waals surface area contributed by atoms with Crippen molar-refractivity contribution in [1.82, 2.24) is 9.97 Å². The number of nitrogens with one attached hydrogen (secondary N) is 1. The van der Waals surface area contributed by atoms with Crippen LogP contribution in [0.15, 0.2) is 29.1 Å². The standard InChI is InChI=1S/C14H17N3O/c1-10-6-8-17(9-7-10)13-11-4-2-3-5-12(11)15-14(18)16-13/h2-5,10H,6-9H2,1H3,(H,15,16,18). The fourth-order valence-corrected chi connectivity index (χ4v) is 2.55. The van der Waals surface area contributed by atoms with Crippen LogP contribution in [0.4, 0.5) is 5.82 Å². The van der Waals surface area contributed by atoms with Gasteiger partial charge < -0.3 is 9.88 Å². The first kappa shape index (κ1) is 11.3. The van der Waals surface area contributed by atoms with E-state index < -0.39 is 0 Å². The van der Waals surface area contributed by atoms with Gasteiger partial charge in [0, 0.05) is 18.5 Å². The fraction of sp³-hybridized carbons (Fsp3) is 0.429. The molecule has 1 aromatic carbocycles. The zero-order chi connectivity index (χ0) is 12.5. The lowest BCUT2D eigenvalue weighted by molar-refractivity contribution is 0.437. The summed E-state index contributed by atoms with van der Waals surface area (Å²) in [5.74, 6) is 1.61. The first-order valence-corrected chi connectivity index (χ1v) is 6.48. The maximum atomic E-state index is 11.6. The normalized spacial score (nSPS) is 17.3. The zero-order valence-electron chi connectivity index (χ0n) is 10.5. The van der Waals surface area contributed by atoms with E-state index in [-0.39, 0.29) is 5.69 Å². The summed E-state index contributed by atoms with van der Waals surface area (Å²) in [5, 5.41) is 1.03. The van der Waals surface area contributed by atoms with Crippen molar-refractivity contribution >= 4 is 16.7 Å². The van der Waals surface area contributed by atoms with Gasteiger partial charge >= 0.3 is 5.69 Å². The number of hydrogen-bond donors (Lipinski definition) is 1. The molecule has 0 radical (unpaired) electrons. The van der Waals surface area contributed by atoms with Crippen LogP contribution < -0.4 is 10.6 Å². The molecule has 0 saturated carbocycles. The summed E-state index contributed by atoms with van der Waals surface area (Å²) >= 11 is 0. The maximum Gasteiger partial charge on any atom is 0.347 e. The molecule has 4 heteroatoms. The number of para-hydroxylation sites is 1. The van der Waals surface area contributed by atoms with Crippen molar-refractivity contribution in [3.05, 3.63) is 34.7 Å². The van der Waals surface area contributed by atoms with E-state index in [1.54, 1.807) is 0 Å². The molecule has 94 valence electrons. The molecule has 1 aliphatic heterocycles. The molecule has 1 saturated heterocycles. The highest BCUT2D eigenvalue weighted by Crippen LogP contribution is 2.26. The molecule has 3 rings (SSSR count). The molecule has 1 N–H and O–H groups in total. The summed E-state index contributed by atoms with van der Waals surface area (Å²) in [4.78, 5) is 20.8. The number of aromatic amines is 1. The number of aromatic nitrogens is 2. The van der Waals surface area contributed by atoms with Gasteiger partial charge in [-0.05, 0) is 30.9 Å². The van der Waals surface area contributed by atoms with Crippen LogP contribution in [-0.2, 0) is 0 Å². The van der Waals surface area contributed by atoms with Gasteiger partial charge in [-0.1, -0.05) is 19.1 Å². The van der Waals surface area contributed by atoms with Gasteiger partial charge in [-0.25, -0.2) is 4.79 Å². The average Bonchev–Trinajstić information content (AvgIpc) is 2.38. The second kappa shape index (κ2) is 4.44. The topological polar surface area (TPSA) is 49.0 Å². The molecule has 0 unspecified atom stereocenters.